The van der Waals surface area contributed by atoms with Crippen LogP contribution in [0, 0.1) is 0 Å². The van der Waals surface area contributed by atoms with Gasteiger partial charge in [0.1, 0.15) is 4.90 Å². The van der Waals surface area contributed by atoms with Gasteiger partial charge in [0.2, 0.25) is 10.0 Å². The smallest absolute Gasteiger partial charge is 0.243 e. The number of nitrogens with two attached hydrogens (primary N) is 1. The lowest BCUT2D eigenvalue weighted by Crippen LogP contribution is -2.35. The molecule has 0 saturated carbocycles. The average molecular weight is 297 g/mol. The average Bonchev–Trinajstić information content (AvgIpc) is 2.79. The molecule has 0 aliphatic carbocycles. The van der Waals surface area contributed by atoms with Crippen LogP contribution in [-0.2, 0) is 14.8 Å². The van der Waals surface area contributed by atoms with Crippen LogP contribution in [0.3, 0.4) is 0 Å². The maximum Gasteiger partial charge on any atom is 0.243 e. The number of anilines is 1. The minimum Gasteiger partial charge on any atom is -0.399 e. The van der Waals surface area contributed by atoms with E-state index in [1.807, 2.05) is 6.92 Å². The van der Waals surface area contributed by atoms with Crippen LogP contribution in [0.25, 0.3) is 10.9 Å². The van der Waals surface area contributed by atoms with Crippen LogP contribution >= 0.6 is 0 Å². The third-order valence-corrected chi connectivity index (χ3v) is 4.52. The van der Waals surface area contributed by atoms with Crippen LogP contribution in [0.1, 0.15) is 13.8 Å². The van der Waals surface area contributed by atoms with Crippen molar-refractivity contribution < 1.29 is 13.2 Å². The normalized spacial score (nSPS) is 13.7. The highest BCUT2D eigenvalue weighted by atomic mass is 32.2. The number of nitrogens with one attached hydrogen (secondary N) is 2. The van der Waals surface area contributed by atoms with Gasteiger partial charge in [0.15, 0.2) is 0 Å². The van der Waals surface area contributed by atoms with Crippen molar-refractivity contribution in [3.8, 4) is 0 Å². The molecular weight excluding hydrogens is 278 g/mol. The first-order chi connectivity index (χ1) is 9.44. The molecule has 4 N–H and O–H groups in total. The van der Waals surface area contributed by atoms with E-state index in [-0.39, 0.29) is 10.9 Å². The summed E-state index contributed by atoms with van der Waals surface area (Å²) >= 11 is 0. The van der Waals surface area contributed by atoms with Gasteiger partial charge in [-0.05, 0) is 32.0 Å². The van der Waals surface area contributed by atoms with Gasteiger partial charge in [-0.3, -0.25) is 0 Å². The number of hydrogen-bond acceptors (Lipinski definition) is 4. The summed E-state index contributed by atoms with van der Waals surface area (Å²) in [6.07, 6.45) is 1.47. The van der Waals surface area contributed by atoms with E-state index in [4.69, 9.17) is 10.5 Å². The summed E-state index contributed by atoms with van der Waals surface area (Å²) in [5, 5.41) is 0.621. The highest BCUT2D eigenvalue weighted by Crippen LogP contribution is 2.24. The molecule has 0 bridgehead atoms. The Labute approximate surface area is 118 Å². The number of aromatic nitrogens is 1. The maximum atomic E-state index is 12.3. The summed E-state index contributed by atoms with van der Waals surface area (Å²) in [5.41, 5.74) is 6.96. The lowest BCUT2D eigenvalue weighted by Gasteiger charge is -2.13. The van der Waals surface area contributed by atoms with Crippen LogP contribution in [0.5, 0.6) is 0 Å². The molecule has 0 radical (unpaired) electrons. The zero-order valence-corrected chi connectivity index (χ0v) is 12.3. The van der Waals surface area contributed by atoms with Crippen LogP contribution < -0.4 is 10.5 Å². The van der Waals surface area contributed by atoms with Gasteiger partial charge in [-0.1, -0.05) is 0 Å². The molecular formula is C13H19N3O3S. The SMILES string of the molecule is CCOCC(C)NS(=O)(=O)c1c[nH]c2cc(N)ccc12. The van der Waals surface area contributed by atoms with E-state index in [0.29, 0.717) is 29.8 Å². The Morgan fingerprint density at radius 2 is 2.20 bits per heavy atom. The van der Waals surface area contributed by atoms with E-state index in [0.717, 1.165) is 0 Å². The molecule has 0 spiro atoms. The van der Waals surface area contributed by atoms with Crippen molar-refractivity contribution in [3.63, 3.8) is 0 Å². The lowest BCUT2D eigenvalue weighted by molar-refractivity contribution is 0.133. The highest BCUT2D eigenvalue weighted by Gasteiger charge is 2.21. The summed E-state index contributed by atoms with van der Waals surface area (Å²) in [6.45, 7) is 4.52. The van der Waals surface area contributed by atoms with Crippen LogP contribution in [0.4, 0.5) is 5.69 Å². The standard InChI is InChI=1S/C13H19N3O3S/c1-3-19-8-9(2)16-20(17,18)13-7-15-12-6-10(14)4-5-11(12)13/h4-7,9,15-16H,3,8,14H2,1-2H3. The predicted octanol–water partition coefficient (Wildman–Crippen LogP) is 1.45. The fraction of sp³-hybridized carbons (Fsp3) is 0.385. The molecule has 110 valence electrons. The van der Waals surface area contributed by atoms with Gasteiger partial charge in [-0.2, -0.15) is 0 Å². The van der Waals surface area contributed by atoms with E-state index in [2.05, 4.69) is 9.71 Å². The number of hydrogen-bond donors (Lipinski definition) is 3. The third kappa shape index (κ3) is 3.12. The summed E-state index contributed by atoms with van der Waals surface area (Å²) in [4.78, 5) is 3.14. The second kappa shape index (κ2) is 5.82. The topological polar surface area (TPSA) is 97.2 Å². The summed E-state index contributed by atoms with van der Waals surface area (Å²) in [5.74, 6) is 0. The second-order valence-electron chi connectivity index (χ2n) is 4.64. The molecule has 20 heavy (non-hydrogen) atoms. The first-order valence-corrected chi connectivity index (χ1v) is 7.89. The number of H-pyrrole nitrogens is 1. The van der Waals surface area contributed by atoms with Crippen molar-refractivity contribution >= 4 is 26.6 Å². The van der Waals surface area contributed by atoms with E-state index in [1.54, 1.807) is 25.1 Å². The molecule has 0 fully saturated rings. The van der Waals surface area contributed by atoms with E-state index in [9.17, 15) is 8.42 Å². The Balaban J connectivity index is 2.28. The molecule has 2 rings (SSSR count). The molecule has 0 saturated heterocycles. The summed E-state index contributed by atoms with van der Waals surface area (Å²) < 4.78 is 32.5. The van der Waals surface area contributed by atoms with Gasteiger partial charge < -0.3 is 15.5 Å². The van der Waals surface area contributed by atoms with Gasteiger partial charge in [-0.15, -0.1) is 0 Å². The fourth-order valence-corrected chi connectivity index (χ4v) is 3.40. The molecule has 1 aromatic heterocycles. The third-order valence-electron chi connectivity index (χ3n) is 2.89. The van der Waals surface area contributed by atoms with Crippen molar-refractivity contribution in [1.29, 1.82) is 0 Å². The Morgan fingerprint density at radius 3 is 2.90 bits per heavy atom. The van der Waals surface area contributed by atoms with Crippen LogP contribution in [-0.4, -0.2) is 32.7 Å². The number of ether oxygens (including phenoxy) is 1. The van der Waals surface area contributed by atoms with Crippen molar-refractivity contribution in [2.75, 3.05) is 18.9 Å². The van der Waals surface area contributed by atoms with E-state index in [1.165, 1.54) is 6.20 Å². The zero-order valence-electron chi connectivity index (χ0n) is 11.5. The van der Waals surface area contributed by atoms with Crippen LogP contribution in [0.2, 0.25) is 0 Å². The Kier molecular flexibility index (Phi) is 4.32. The largest absolute Gasteiger partial charge is 0.399 e. The van der Waals surface area contributed by atoms with Gasteiger partial charge in [-0.25, -0.2) is 13.1 Å². The molecule has 6 nitrogen and oxygen atoms in total. The van der Waals surface area contributed by atoms with Crippen molar-refractivity contribution in [1.82, 2.24) is 9.71 Å². The summed E-state index contributed by atoms with van der Waals surface area (Å²) in [6, 6.07) is 4.79. The minimum atomic E-state index is -3.59. The molecule has 0 aliphatic heterocycles. The molecule has 0 aliphatic rings. The number of benzene rings is 1. The Morgan fingerprint density at radius 1 is 1.45 bits per heavy atom. The van der Waals surface area contributed by atoms with Gasteiger partial charge >= 0.3 is 0 Å². The molecule has 1 aromatic carbocycles. The quantitative estimate of drug-likeness (QED) is 0.703. The van der Waals surface area contributed by atoms with Crippen molar-refractivity contribution in [3.05, 3.63) is 24.4 Å². The fourth-order valence-electron chi connectivity index (χ4n) is 2.00. The first kappa shape index (κ1) is 14.8. The van der Waals surface area contributed by atoms with Gasteiger partial charge in [0.25, 0.3) is 0 Å². The molecule has 1 atom stereocenters. The van der Waals surface area contributed by atoms with Crippen molar-refractivity contribution in [2.24, 2.45) is 0 Å². The predicted molar refractivity (Wildman–Crippen MR) is 79.0 cm³/mol. The maximum absolute atomic E-state index is 12.3. The van der Waals surface area contributed by atoms with Crippen LogP contribution in [0.15, 0.2) is 29.3 Å². The molecule has 2 aromatic rings. The van der Waals surface area contributed by atoms with Gasteiger partial charge in [0, 0.05) is 35.4 Å². The zero-order chi connectivity index (χ0) is 14.8. The number of rotatable bonds is 6. The van der Waals surface area contributed by atoms with Crippen molar-refractivity contribution in [2.45, 2.75) is 24.8 Å². The van der Waals surface area contributed by atoms with E-state index >= 15 is 0 Å². The Bertz CT molecular complexity index is 694. The molecule has 1 heterocycles. The highest BCUT2D eigenvalue weighted by molar-refractivity contribution is 7.89. The Hall–Kier alpha value is -1.57. The number of fused-ring (bicyclic) bond motifs is 1. The number of nitrogen functional groups attached to an aromatic ring is 1. The molecule has 0 amide bonds. The summed E-state index contributed by atoms with van der Waals surface area (Å²) in [7, 11) is -3.59. The monoisotopic (exact) mass is 297 g/mol. The molecule has 7 heteroatoms. The number of sulfonamides is 1. The minimum absolute atomic E-state index is 0.218. The lowest BCUT2D eigenvalue weighted by atomic mass is 10.2. The second-order valence-corrected chi connectivity index (χ2v) is 6.32. The van der Waals surface area contributed by atoms with E-state index < -0.39 is 10.0 Å². The number of aromatic amines is 1. The molecule has 1 unspecified atom stereocenters. The van der Waals surface area contributed by atoms with Gasteiger partial charge in [0.05, 0.1) is 6.61 Å². The first-order valence-electron chi connectivity index (χ1n) is 6.40.